The van der Waals surface area contributed by atoms with E-state index in [1.807, 2.05) is 6.08 Å². The van der Waals surface area contributed by atoms with Crippen molar-refractivity contribution in [3.63, 3.8) is 0 Å². The number of hydrogen-bond donors (Lipinski definition) is 0. The Morgan fingerprint density at radius 2 is 2.50 bits per heavy atom. The first-order valence-electron chi connectivity index (χ1n) is 5.26. The van der Waals surface area contributed by atoms with Crippen LogP contribution in [0.4, 0.5) is 0 Å². The third kappa shape index (κ3) is 3.02. The van der Waals surface area contributed by atoms with Crippen molar-refractivity contribution in [2.75, 3.05) is 6.61 Å². The van der Waals surface area contributed by atoms with Crippen molar-refractivity contribution in [1.82, 2.24) is 0 Å². The van der Waals surface area contributed by atoms with Gasteiger partial charge in [-0.3, -0.25) is 0 Å². The SMILES string of the molecule is C=CCC1COC(=O)C=C1CCCC. The Hall–Kier alpha value is -1.05. The first-order valence-corrected chi connectivity index (χ1v) is 5.26. The fourth-order valence-corrected chi connectivity index (χ4v) is 1.68. The van der Waals surface area contributed by atoms with Crippen molar-refractivity contribution in [2.24, 2.45) is 5.92 Å². The van der Waals surface area contributed by atoms with Crippen LogP contribution >= 0.6 is 0 Å². The summed E-state index contributed by atoms with van der Waals surface area (Å²) in [6, 6.07) is 0. The maximum Gasteiger partial charge on any atom is 0.330 e. The maximum atomic E-state index is 11.1. The molecule has 1 rings (SSSR count). The fourth-order valence-electron chi connectivity index (χ4n) is 1.68. The highest BCUT2D eigenvalue weighted by Gasteiger charge is 2.20. The van der Waals surface area contributed by atoms with Crippen LogP contribution in [0.3, 0.4) is 0 Å². The molecule has 0 aliphatic carbocycles. The number of carbonyl (C=O) groups is 1. The highest BCUT2D eigenvalue weighted by molar-refractivity contribution is 5.83. The van der Waals surface area contributed by atoms with Crippen LogP contribution in [0, 0.1) is 5.92 Å². The van der Waals surface area contributed by atoms with Gasteiger partial charge >= 0.3 is 5.97 Å². The zero-order valence-electron chi connectivity index (χ0n) is 8.79. The van der Waals surface area contributed by atoms with Crippen LogP contribution in [0.2, 0.25) is 0 Å². The molecular weight excluding hydrogens is 176 g/mol. The van der Waals surface area contributed by atoms with Crippen LogP contribution in [0.5, 0.6) is 0 Å². The highest BCUT2D eigenvalue weighted by Crippen LogP contribution is 2.25. The van der Waals surface area contributed by atoms with E-state index >= 15 is 0 Å². The number of cyclic esters (lactones) is 1. The summed E-state index contributed by atoms with van der Waals surface area (Å²) >= 11 is 0. The summed E-state index contributed by atoms with van der Waals surface area (Å²) < 4.78 is 4.99. The van der Waals surface area contributed by atoms with Gasteiger partial charge in [0.1, 0.15) is 0 Å². The predicted molar refractivity (Wildman–Crippen MR) is 56.9 cm³/mol. The molecule has 0 bridgehead atoms. The monoisotopic (exact) mass is 194 g/mol. The van der Waals surface area contributed by atoms with Gasteiger partial charge in [0, 0.05) is 12.0 Å². The fraction of sp³-hybridized carbons (Fsp3) is 0.583. The van der Waals surface area contributed by atoms with E-state index in [1.165, 1.54) is 5.57 Å². The minimum atomic E-state index is -0.184. The quantitative estimate of drug-likeness (QED) is 0.497. The second-order valence-electron chi connectivity index (χ2n) is 3.67. The van der Waals surface area contributed by atoms with Gasteiger partial charge in [-0.2, -0.15) is 0 Å². The lowest BCUT2D eigenvalue weighted by molar-refractivity contribution is -0.140. The second kappa shape index (κ2) is 5.63. The van der Waals surface area contributed by atoms with Crippen molar-refractivity contribution >= 4 is 5.97 Å². The molecule has 1 atom stereocenters. The minimum absolute atomic E-state index is 0.184. The highest BCUT2D eigenvalue weighted by atomic mass is 16.5. The maximum absolute atomic E-state index is 11.1. The van der Waals surface area contributed by atoms with Crippen molar-refractivity contribution in [1.29, 1.82) is 0 Å². The molecule has 0 saturated heterocycles. The molecular formula is C12H18O2. The van der Waals surface area contributed by atoms with Crippen molar-refractivity contribution < 1.29 is 9.53 Å². The van der Waals surface area contributed by atoms with Crippen LogP contribution < -0.4 is 0 Å². The summed E-state index contributed by atoms with van der Waals surface area (Å²) in [5.41, 5.74) is 1.24. The van der Waals surface area contributed by atoms with Crippen LogP contribution in [0.15, 0.2) is 24.3 Å². The molecule has 0 saturated carbocycles. The molecule has 14 heavy (non-hydrogen) atoms. The molecule has 1 heterocycles. The summed E-state index contributed by atoms with van der Waals surface area (Å²) in [7, 11) is 0. The Labute approximate surface area is 85.6 Å². The van der Waals surface area contributed by atoms with Crippen LogP contribution in [-0.2, 0) is 9.53 Å². The zero-order valence-corrected chi connectivity index (χ0v) is 8.79. The molecule has 1 aliphatic heterocycles. The van der Waals surface area contributed by atoms with Crippen molar-refractivity contribution in [3.05, 3.63) is 24.3 Å². The van der Waals surface area contributed by atoms with Crippen LogP contribution in [0.25, 0.3) is 0 Å². The van der Waals surface area contributed by atoms with Gasteiger partial charge in [0.15, 0.2) is 0 Å². The molecule has 0 N–H and O–H groups in total. The summed E-state index contributed by atoms with van der Waals surface area (Å²) in [5, 5.41) is 0. The van der Waals surface area contributed by atoms with Gasteiger partial charge in [0.2, 0.25) is 0 Å². The van der Waals surface area contributed by atoms with Gasteiger partial charge in [-0.1, -0.05) is 25.0 Å². The van der Waals surface area contributed by atoms with Gasteiger partial charge in [0.05, 0.1) is 6.61 Å². The number of unbranched alkanes of at least 4 members (excludes halogenated alkanes) is 1. The molecule has 0 aromatic heterocycles. The smallest absolute Gasteiger partial charge is 0.330 e. The molecule has 1 unspecified atom stereocenters. The number of rotatable bonds is 5. The Bertz CT molecular complexity index is 241. The van der Waals surface area contributed by atoms with E-state index in [-0.39, 0.29) is 5.97 Å². The van der Waals surface area contributed by atoms with E-state index in [0.29, 0.717) is 12.5 Å². The lowest BCUT2D eigenvalue weighted by Crippen LogP contribution is -2.21. The molecule has 0 spiro atoms. The van der Waals surface area contributed by atoms with E-state index in [9.17, 15) is 4.79 Å². The summed E-state index contributed by atoms with van der Waals surface area (Å²) in [6.07, 6.45) is 7.78. The Balaban J connectivity index is 2.60. The average Bonchev–Trinajstić information content (AvgIpc) is 2.18. The summed E-state index contributed by atoms with van der Waals surface area (Å²) in [4.78, 5) is 11.1. The number of hydrogen-bond acceptors (Lipinski definition) is 2. The number of esters is 1. The van der Waals surface area contributed by atoms with Gasteiger partial charge in [-0.15, -0.1) is 6.58 Å². The normalized spacial score (nSPS) is 21.4. The van der Waals surface area contributed by atoms with Gasteiger partial charge < -0.3 is 4.74 Å². The minimum Gasteiger partial charge on any atom is -0.462 e. The molecule has 0 fully saturated rings. The van der Waals surface area contributed by atoms with E-state index in [4.69, 9.17) is 4.74 Å². The van der Waals surface area contributed by atoms with E-state index in [2.05, 4.69) is 13.5 Å². The average molecular weight is 194 g/mol. The number of carbonyl (C=O) groups excluding carboxylic acids is 1. The lowest BCUT2D eigenvalue weighted by atomic mass is 9.90. The first-order chi connectivity index (χ1) is 6.77. The molecule has 2 heteroatoms. The molecule has 1 aliphatic rings. The van der Waals surface area contributed by atoms with Gasteiger partial charge in [-0.05, 0) is 19.3 Å². The molecule has 0 radical (unpaired) electrons. The molecule has 2 nitrogen and oxygen atoms in total. The van der Waals surface area contributed by atoms with Crippen molar-refractivity contribution in [2.45, 2.75) is 32.6 Å². The summed E-state index contributed by atoms with van der Waals surface area (Å²) in [6.45, 7) is 6.41. The molecule has 0 aromatic rings. The molecule has 0 aromatic carbocycles. The van der Waals surface area contributed by atoms with E-state index < -0.39 is 0 Å². The van der Waals surface area contributed by atoms with E-state index in [0.717, 1.165) is 25.7 Å². The third-order valence-corrected chi connectivity index (χ3v) is 2.52. The Morgan fingerprint density at radius 3 is 3.14 bits per heavy atom. The molecule has 78 valence electrons. The zero-order chi connectivity index (χ0) is 10.4. The van der Waals surface area contributed by atoms with Gasteiger partial charge in [0.25, 0.3) is 0 Å². The van der Waals surface area contributed by atoms with Crippen LogP contribution in [-0.4, -0.2) is 12.6 Å². The predicted octanol–water partition coefficient (Wildman–Crippen LogP) is 2.85. The number of allylic oxidation sites excluding steroid dienone is 1. The van der Waals surface area contributed by atoms with Crippen LogP contribution in [0.1, 0.15) is 32.6 Å². The standard InChI is InChI=1S/C12H18O2/c1-3-5-7-10-8-12(13)14-9-11(10)6-4-2/h4,8,11H,2-3,5-7,9H2,1H3. The van der Waals surface area contributed by atoms with E-state index in [1.54, 1.807) is 6.08 Å². The number of ether oxygens (including phenoxy) is 1. The third-order valence-electron chi connectivity index (χ3n) is 2.52. The second-order valence-corrected chi connectivity index (χ2v) is 3.67. The first kappa shape index (κ1) is 11.0. The topological polar surface area (TPSA) is 26.3 Å². The summed E-state index contributed by atoms with van der Waals surface area (Å²) in [5.74, 6) is 0.188. The lowest BCUT2D eigenvalue weighted by Gasteiger charge is -2.22. The molecule has 0 amide bonds. The van der Waals surface area contributed by atoms with Crippen molar-refractivity contribution in [3.8, 4) is 0 Å². The Kier molecular flexibility index (Phi) is 4.44. The van der Waals surface area contributed by atoms with Gasteiger partial charge in [-0.25, -0.2) is 4.79 Å². The largest absolute Gasteiger partial charge is 0.462 e. The Morgan fingerprint density at radius 1 is 1.71 bits per heavy atom.